The summed E-state index contributed by atoms with van der Waals surface area (Å²) in [6.07, 6.45) is 3.82. The van der Waals surface area contributed by atoms with E-state index in [4.69, 9.17) is 0 Å². The number of nitrogens with zero attached hydrogens (tertiary/aromatic N) is 5. The summed E-state index contributed by atoms with van der Waals surface area (Å²) in [7, 11) is 5.71. The summed E-state index contributed by atoms with van der Waals surface area (Å²) in [6, 6.07) is 10.8. The number of likely N-dealkylation sites (tertiary alicyclic amines) is 1. The lowest BCUT2D eigenvalue weighted by atomic mass is 10.1. The van der Waals surface area contributed by atoms with Crippen molar-refractivity contribution in [2.75, 3.05) is 72.3 Å². The second-order valence-corrected chi connectivity index (χ2v) is 11.4. The summed E-state index contributed by atoms with van der Waals surface area (Å²) in [5, 5.41) is 12.7. The van der Waals surface area contributed by atoms with E-state index in [2.05, 4.69) is 40.6 Å². The van der Waals surface area contributed by atoms with Crippen LogP contribution in [-0.4, -0.2) is 109 Å². The largest absolute Gasteiger partial charge is 0.383 e. The van der Waals surface area contributed by atoms with Crippen molar-refractivity contribution in [2.24, 2.45) is 5.92 Å². The quantitative estimate of drug-likeness (QED) is 0.433. The van der Waals surface area contributed by atoms with Gasteiger partial charge in [-0.05, 0) is 71.1 Å². The van der Waals surface area contributed by atoms with Gasteiger partial charge in [-0.25, -0.2) is 0 Å². The van der Waals surface area contributed by atoms with Crippen LogP contribution in [0.3, 0.4) is 0 Å². The molecule has 2 fully saturated rings. The normalized spacial score (nSPS) is 21.1. The molecule has 0 aliphatic carbocycles. The monoisotopic (exact) mass is 514 g/mol. The lowest BCUT2D eigenvalue weighted by Crippen LogP contribution is -2.41. The van der Waals surface area contributed by atoms with Crippen LogP contribution in [0.4, 0.5) is 5.69 Å². The number of carbonyl (C=O) groups excluding carboxylic acids is 2. The summed E-state index contributed by atoms with van der Waals surface area (Å²) >= 11 is 1.51. The van der Waals surface area contributed by atoms with E-state index < -0.39 is 5.92 Å². The highest BCUT2D eigenvalue weighted by atomic mass is 32.2. The fraction of sp³-hybridized carbons (Fsp3) is 0.667. The number of nitriles is 1. The minimum atomic E-state index is -0.534. The Bertz CT molecular complexity index is 897. The van der Waals surface area contributed by atoms with Gasteiger partial charge in [-0.2, -0.15) is 5.26 Å². The van der Waals surface area contributed by atoms with Gasteiger partial charge in [0.05, 0.1) is 17.4 Å². The first kappa shape index (κ1) is 28.3. The Labute approximate surface area is 221 Å². The predicted molar refractivity (Wildman–Crippen MR) is 147 cm³/mol. The van der Waals surface area contributed by atoms with Gasteiger partial charge < -0.3 is 24.9 Å². The fourth-order valence-electron chi connectivity index (χ4n) is 4.72. The van der Waals surface area contributed by atoms with Crippen molar-refractivity contribution in [3.63, 3.8) is 0 Å². The van der Waals surface area contributed by atoms with Crippen LogP contribution in [-0.2, 0) is 16.0 Å². The highest BCUT2D eigenvalue weighted by Gasteiger charge is 2.43. The summed E-state index contributed by atoms with van der Waals surface area (Å²) in [6.45, 7) is 7.89. The molecule has 2 saturated heterocycles. The van der Waals surface area contributed by atoms with Gasteiger partial charge >= 0.3 is 0 Å². The van der Waals surface area contributed by atoms with E-state index in [1.807, 2.05) is 25.9 Å². The number of thioether (sulfide) groups is 1. The summed E-state index contributed by atoms with van der Waals surface area (Å²) in [5.41, 5.74) is 2.32. The molecule has 0 bridgehead atoms. The van der Waals surface area contributed by atoms with Gasteiger partial charge in [-0.1, -0.05) is 12.1 Å². The van der Waals surface area contributed by atoms with Crippen LogP contribution in [0.25, 0.3) is 0 Å². The smallest absolute Gasteiger partial charge is 0.238 e. The van der Waals surface area contributed by atoms with Gasteiger partial charge in [-0.3, -0.25) is 9.59 Å². The molecule has 3 atom stereocenters. The SMILES string of the molecule is CCN1C(=O)C(CNc2ccc(CCN3CCCC3)cc2)SC1C(C#N)CC(=O)N(C)CCN(C)C. The Morgan fingerprint density at radius 3 is 2.50 bits per heavy atom. The van der Waals surface area contributed by atoms with E-state index in [-0.39, 0.29) is 28.9 Å². The van der Waals surface area contributed by atoms with Gasteiger partial charge in [0.1, 0.15) is 5.25 Å². The van der Waals surface area contributed by atoms with E-state index >= 15 is 0 Å². The molecule has 8 nitrogen and oxygen atoms in total. The molecule has 2 amide bonds. The number of benzene rings is 1. The van der Waals surface area contributed by atoms with Crippen molar-refractivity contribution in [1.82, 2.24) is 19.6 Å². The number of amides is 2. The Morgan fingerprint density at radius 2 is 1.89 bits per heavy atom. The zero-order valence-corrected chi connectivity index (χ0v) is 23.1. The van der Waals surface area contributed by atoms with E-state index in [9.17, 15) is 14.9 Å². The van der Waals surface area contributed by atoms with Crippen molar-refractivity contribution >= 4 is 29.3 Å². The molecule has 1 aromatic rings. The van der Waals surface area contributed by atoms with Crippen LogP contribution in [0.15, 0.2) is 24.3 Å². The number of carbonyl (C=O) groups is 2. The molecule has 3 unspecified atom stereocenters. The van der Waals surface area contributed by atoms with Crippen molar-refractivity contribution < 1.29 is 9.59 Å². The number of hydrogen-bond donors (Lipinski definition) is 1. The molecule has 0 saturated carbocycles. The van der Waals surface area contributed by atoms with Crippen LogP contribution >= 0.6 is 11.8 Å². The standard InChI is InChI=1S/C27H42N6O2S/c1-5-33-26(35)24(36-27(33)22(19-28)18-25(34)31(4)17-16-30(2)3)20-29-23-10-8-21(9-11-23)12-15-32-13-6-7-14-32/h8-11,22,24,27,29H,5-7,12-18,20H2,1-4H3. The maximum atomic E-state index is 13.1. The molecule has 2 aliphatic rings. The Balaban J connectivity index is 1.52. The van der Waals surface area contributed by atoms with Crippen molar-refractivity contribution in [3.05, 3.63) is 29.8 Å². The molecular formula is C27H42N6O2S. The van der Waals surface area contributed by atoms with Gasteiger partial charge in [-0.15, -0.1) is 11.8 Å². The van der Waals surface area contributed by atoms with Crippen molar-refractivity contribution in [1.29, 1.82) is 5.26 Å². The van der Waals surface area contributed by atoms with Crippen molar-refractivity contribution in [2.45, 2.75) is 43.2 Å². The first-order valence-corrected chi connectivity index (χ1v) is 14.1. The second-order valence-electron chi connectivity index (χ2n) is 10.1. The number of hydrogen-bond acceptors (Lipinski definition) is 7. The molecule has 3 rings (SSSR count). The van der Waals surface area contributed by atoms with Gasteiger partial charge in [0.25, 0.3) is 0 Å². The van der Waals surface area contributed by atoms with Crippen LogP contribution < -0.4 is 5.32 Å². The Morgan fingerprint density at radius 1 is 1.19 bits per heavy atom. The van der Waals surface area contributed by atoms with Crippen LogP contribution in [0.2, 0.25) is 0 Å². The second kappa shape index (κ2) is 13.9. The highest BCUT2D eigenvalue weighted by Crippen LogP contribution is 2.37. The summed E-state index contributed by atoms with van der Waals surface area (Å²) in [4.78, 5) is 33.8. The summed E-state index contributed by atoms with van der Waals surface area (Å²) < 4.78 is 0. The molecule has 2 aliphatic heterocycles. The third-order valence-electron chi connectivity index (χ3n) is 7.08. The maximum absolute atomic E-state index is 13.1. The fourth-order valence-corrected chi connectivity index (χ4v) is 6.23. The van der Waals surface area contributed by atoms with Crippen LogP contribution in [0, 0.1) is 17.2 Å². The van der Waals surface area contributed by atoms with Gasteiger partial charge in [0.15, 0.2) is 0 Å². The number of nitrogens with one attached hydrogen (secondary N) is 1. The van der Waals surface area contributed by atoms with Crippen LogP contribution in [0.1, 0.15) is 31.7 Å². The lowest BCUT2D eigenvalue weighted by Gasteiger charge is -2.27. The Kier molecular flexibility index (Phi) is 10.9. The predicted octanol–water partition coefficient (Wildman–Crippen LogP) is 2.58. The first-order chi connectivity index (χ1) is 17.3. The average Bonchev–Trinajstić information content (AvgIpc) is 3.51. The maximum Gasteiger partial charge on any atom is 0.238 e. The van der Waals surface area contributed by atoms with Gasteiger partial charge in [0.2, 0.25) is 11.8 Å². The molecular weight excluding hydrogens is 472 g/mol. The first-order valence-electron chi connectivity index (χ1n) is 13.1. The third-order valence-corrected chi connectivity index (χ3v) is 8.64. The highest BCUT2D eigenvalue weighted by molar-refractivity contribution is 8.01. The molecule has 9 heteroatoms. The molecule has 0 spiro atoms. The lowest BCUT2D eigenvalue weighted by molar-refractivity contribution is -0.133. The topological polar surface area (TPSA) is 82.9 Å². The van der Waals surface area contributed by atoms with E-state index in [1.165, 1.54) is 43.3 Å². The molecule has 1 aromatic carbocycles. The summed E-state index contributed by atoms with van der Waals surface area (Å²) in [5.74, 6) is -0.553. The number of anilines is 1. The van der Waals surface area contributed by atoms with E-state index in [0.29, 0.717) is 19.6 Å². The molecule has 0 aromatic heterocycles. The minimum Gasteiger partial charge on any atom is -0.383 e. The van der Waals surface area contributed by atoms with Crippen molar-refractivity contribution in [3.8, 4) is 6.07 Å². The number of likely N-dealkylation sites (N-methyl/N-ethyl adjacent to an activating group) is 2. The third kappa shape index (κ3) is 7.86. The molecule has 198 valence electrons. The minimum absolute atomic E-state index is 0.0379. The number of rotatable bonds is 13. The van der Waals surface area contributed by atoms with Crippen LogP contribution in [0.5, 0.6) is 0 Å². The average molecular weight is 515 g/mol. The Hall–Kier alpha value is -2.28. The molecule has 1 N–H and O–H groups in total. The zero-order valence-electron chi connectivity index (χ0n) is 22.3. The zero-order chi connectivity index (χ0) is 26.1. The van der Waals surface area contributed by atoms with E-state index in [1.54, 1.807) is 16.8 Å². The van der Waals surface area contributed by atoms with E-state index in [0.717, 1.165) is 25.2 Å². The molecule has 0 radical (unpaired) electrons. The van der Waals surface area contributed by atoms with Gasteiger partial charge in [0, 0.05) is 51.9 Å². The molecule has 2 heterocycles. The molecule has 36 heavy (non-hydrogen) atoms.